The molecule has 2 heterocycles. The fourth-order valence-corrected chi connectivity index (χ4v) is 3.31. The number of carbonyl (C=O) groups is 1. The Kier molecular flexibility index (Phi) is 5.04. The molecule has 0 aromatic carbocycles. The number of hydrogen-bond donors (Lipinski definition) is 2. The van der Waals surface area contributed by atoms with Crippen LogP contribution in [0.3, 0.4) is 0 Å². The molecule has 5 heteroatoms. The molecule has 2 saturated heterocycles. The van der Waals surface area contributed by atoms with Gasteiger partial charge in [-0.1, -0.05) is 0 Å². The summed E-state index contributed by atoms with van der Waals surface area (Å²) in [6, 6.07) is 0.217. The normalized spacial score (nSPS) is 28.9. The maximum atomic E-state index is 12.7. The molecule has 0 aliphatic carbocycles. The number of piperidine rings is 1. The van der Waals surface area contributed by atoms with Gasteiger partial charge in [-0.3, -0.25) is 4.79 Å². The van der Waals surface area contributed by atoms with E-state index < -0.39 is 0 Å². The van der Waals surface area contributed by atoms with E-state index in [0.29, 0.717) is 6.61 Å². The molecule has 0 radical (unpaired) electrons. The van der Waals surface area contributed by atoms with Gasteiger partial charge in [-0.15, -0.1) is 0 Å². The van der Waals surface area contributed by atoms with Crippen LogP contribution in [0.1, 0.15) is 39.5 Å². The van der Waals surface area contributed by atoms with Crippen LogP contribution >= 0.6 is 0 Å². The molecule has 2 aliphatic heterocycles. The lowest BCUT2D eigenvalue weighted by molar-refractivity contribution is -0.139. The van der Waals surface area contributed by atoms with Crippen molar-refractivity contribution in [1.82, 2.24) is 10.6 Å². The maximum absolute atomic E-state index is 12.7. The monoisotopic (exact) mass is 284 g/mol. The van der Waals surface area contributed by atoms with Gasteiger partial charge in [-0.2, -0.15) is 0 Å². The Bertz CT molecular complexity index is 333. The lowest BCUT2D eigenvalue weighted by Gasteiger charge is -2.40. The molecule has 2 fully saturated rings. The highest BCUT2D eigenvalue weighted by Gasteiger charge is 2.41. The minimum Gasteiger partial charge on any atom is -0.384 e. The van der Waals surface area contributed by atoms with Crippen molar-refractivity contribution in [3.8, 4) is 0 Å². The summed E-state index contributed by atoms with van der Waals surface area (Å²) in [5.41, 5.74) is -0.499. The molecule has 0 aromatic rings. The predicted octanol–water partition coefficient (Wildman–Crippen LogP) is 1.08. The van der Waals surface area contributed by atoms with Crippen molar-refractivity contribution in [2.75, 3.05) is 33.4 Å². The van der Waals surface area contributed by atoms with Gasteiger partial charge in [0.2, 0.25) is 5.91 Å². The number of ether oxygens (including phenoxy) is 2. The predicted molar refractivity (Wildman–Crippen MR) is 77.6 cm³/mol. The zero-order valence-electron chi connectivity index (χ0n) is 13.0. The average Bonchev–Trinajstić information content (AvgIpc) is 2.39. The van der Waals surface area contributed by atoms with Crippen LogP contribution in [0.25, 0.3) is 0 Å². The number of hydrogen-bond acceptors (Lipinski definition) is 4. The largest absolute Gasteiger partial charge is 0.384 e. The van der Waals surface area contributed by atoms with E-state index in [4.69, 9.17) is 9.47 Å². The van der Waals surface area contributed by atoms with Crippen LogP contribution in [0.5, 0.6) is 0 Å². The molecule has 1 unspecified atom stereocenters. The first-order valence-electron chi connectivity index (χ1n) is 7.62. The summed E-state index contributed by atoms with van der Waals surface area (Å²) in [6.07, 6.45) is 3.47. The summed E-state index contributed by atoms with van der Waals surface area (Å²) >= 11 is 0. The zero-order valence-corrected chi connectivity index (χ0v) is 13.0. The molecule has 1 atom stereocenters. The third kappa shape index (κ3) is 3.71. The van der Waals surface area contributed by atoms with Crippen LogP contribution in [0.2, 0.25) is 0 Å². The van der Waals surface area contributed by atoms with Crippen LogP contribution < -0.4 is 10.6 Å². The number of rotatable bonds is 4. The van der Waals surface area contributed by atoms with E-state index >= 15 is 0 Å². The molecular weight excluding hydrogens is 256 g/mol. The molecule has 0 saturated carbocycles. The van der Waals surface area contributed by atoms with E-state index in [1.165, 1.54) is 0 Å². The standard InChI is InChI=1S/C15H28N2O3/c1-14(2)10-12(4-9-20-14)17-13(18)15(11-19-3)5-7-16-8-6-15/h12,16H,4-11H2,1-3H3,(H,17,18). The van der Waals surface area contributed by atoms with Gasteiger partial charge >= 0.3 is 0 Å². The minimum absolute atomic E-state index is 0.140. The molecule has 0 spiro atoms. The van der Waals surface area contributed by atoms with Gasteiger partial charge < -0.3 is 20.1 Å². The third-order valence-electron chi connectivity index (χ3n) is 4.50. The van der Waals surface area contributed by atoms with Gasteiger partial charge in [0.15, 0.2) is 0 Å². The fourth-order valence-electron chi connectivity index (χ4n) is 3.31. The molecule has 0 bridgehead atoms. The van der Waals surface area contributed by atoms with Crippen LogP contribution in [0, 0.1) is 5.41 Å². The summed E-state index contributed by atoms with van der Waals surface area (Å²) in [5.74, 6) is 0.156. The van der Waals surface area contributed by atoms with E-state index in [1.54, 1.807) is 7.11 Å². The Morgan fingerprint density at radius 1 is 1.40 bits per heavy atom. The average molecular weight is 284 g/mol. The second-order valence-corrected chi connectivity index (χ2v) is 6.73. The highest BCUT2D eigenvalue weighted by Crippen LogP contribution is 2.31. The smallest absolute Gasteiger partial charge is 0.228 e. The number of carbonyl (C=O) groups excluding carboxylic acids is 1. The molecule has 116 valence electrons. The van der Waals surface area contributed by atoms with Gasteiger partial charge in [-0.05, 0) is 52.6 Å². The topological polar surface area (TPSA) is 59.6 Å². The molecule has 2 rings (SSSR count). The van der Waals surface area contributed by atoms with E-state index in [0.717, 1.165) is 45.4 Å². The molecular formula is C15H28N2O3. The van der Waals surface area contributed by atoms with Crippen molar-refractivity contribution in [2.24, 2.45) is 5.41 Å². The molecule has 2 N–H and O–H groups in total. The minimum atomic E-state index is -0.359. The summed E-state index contributed by atoms with van der Waals surface area (Å²) in [5, 5.41) is 6.56. The van der Waals surface area contributed by atoms with Crippen molar-refractivity contribution in [2.45, 2.75) is 51.2 Å². The zero-order chi connectivity index (χ0) is 14.6. The summed E-state index contributed by atoms with van der Waals surface area (Å²) in [6.45, 7) is 7.16. The Labute approximate surface area is 121 Å². The van der Waals surface area contributed by atoms with Crippen molar-refractivity contribution in [3.63, 3.8) is 0 Å². The third-order valence-corrected chi connectivity index (χ3v) is 4.50. The highest BCUT2D eigenvalue weighted by molar-refractivity contribution is 5.83. The maximum Gasteiger partial charge on any atom is 0.228 e. The molecule has 20 heavy (non-hydrogen) atoms. The molecule has 1 amide bonds. The second-order valence-electron chi connectivity index (χ2n) is 6.73. The first-order chi connectivity index (χ1) is 9.47. The van der Waals surface area contributed by atoms with Crippen molar-refractivity contribution < 1.29 is 14.3 Å². The first kappa shape index (κ1) is 15.7. The first-order valence-corrected chi connectivity index (χ1v) is 7.62. The summed E-state index contributed by atoms with van der Waals surface area (Å²) < 4.78 is 11.0. The van der Waals surface area contributed by atoms with E-state index in [-0.39, 0.29) is 23.0 Å². The van der Waals surface area contributed by atoms with Gasteiger partial charge in [-0.25, -0.2) is 0 Å². The summed E-state index contributed by atoms with van der Waals surface area (Å²) in [7, 11) is 1.68. The van der Waals surface area contributed by atoms with E-state index in [1.807, 2.05) is 0 Å². The van der Waals surface area contributed by atoms with E-state index in [9.17, 15) is 4.79 Å². The second kappa shape index (κ2) is 6.41. The molecule has 5 nitrogen and oxygen atoms in total. The quantitative estimate of drug-likeness (QED) is 0.811. The van der Waals surface area contributed by atoms with Gasteiger partial charge in [0, 0.05) is 19.8 Å². The van der Waals surface area contributed by atoms with Crippen molar-refractivity contribution >= 4 is 5.91 Å². The molecule has 0 aromatic heterocycles. The number of amides is 1. The number of methoxy groups -OCH3 is 1. The van der Waals surface area contributed by atoms with Crippen LogP contribution in [0.4, 0.5) is 0 Å². The van der Waals surface area contributed by atoms with Crippen molar-refractivity contribution in [1.29, 1.82) is 0 Å². The summed E-state index contributed by atoms with van der Waals surface area (Å²) in [4.78, 5) is 12.7. The highest BCUT2D eigenvalue weighted by atomic mass is 16.5. The Morgan fingerprint density at radius 2 is 2.10 bits per heavy atom. The van der Waals surface area contributed by atoms with E-state index in [2.05, 4.69) is 24.5 Å². The molecule has 2 aliphatic rings. The lowest BCUT2D eigenvalue weighted by Crippen LogP contribution is -2.54. The SMILES string of the molecule is COCC1(C(=O)NC2CCOC(C)(C)C2)CCNCC1. The van der Waals surface area contributed by atoms with Crippen LogP contribution in [0.15, 0.2) is 0 Å². The Hall–Kier alpha value is -0.650. The van der Waals surface area contributed by atoms with Gasteiger partial charge in [0.25, 0.3) is 0 Å². The van der Waals surface area contributed by atoms with Gasteiger partial charge in [0.05, 0.1) is 17.6 Å². The Balaban J connectivity index is 1.97. The van der Waals surface area contributed by atoms with Crippen molar-refractivity contribution in [3.05, 3.63) is 0 Å². The Morgan fingerprint density at radius 3 is 2.70 bits per heavy atom. The van der Waals surface area contributed by atoms with Gasteiger partial charge in [0.1, 0.15) is 0 Å². The van der Waals surface area contributed by atoms with Crippen LogP contribution in [-0.4, -0.2) is 51.0 Å². The fraction of sp³-hybridized carbons (Fsp3) is 0.933. The van der Waals surface area contributed by atoms with Crippen LogP contribution in [-0.2, 0) is 14.3 Å². The lowest BCUT2D eigenvalue weighted by atomic mass is 9.78. The number of nitrogens with one attached hydrogen (secondary N) is 2.